The first-order valence-electron chi connectivity index (χ1n) is 7.89. The van der Waals surface area contributed by atoms with E-state index in [1.54, 1.807) is 11.3 Å². The number of aromatic nitrogens is 3. The van der Waals surface area contributed by atoms with Gasteiger partial charge in [-0.15, -0.1) is 11.3 Å². The zero-order valence-electron chi connectivity index (χ0n) is 13.9. The van der Waals surface area contributed by atoms with Crippen LogP contribution in [0.3, 0.4) is 0 Å². The van der Waals surface area contributed by atoms with Crippen LogP contribution in [0.15, 0.2) is 14.9 Å². The summed E-state index contributed by atoms with van der Waals surface area (Å²) in [6, 6.07) is 0. The number of aliphatic imine (C=N–C) groups is 1. The van der Waals surface area contributed by atoms with Gasteiger partial charge in [0.15, 0.2) is 11.8 Å². The highest BCUT2D eigenvalue weighted by Gasteiger charge is 2.03. The smallest absolute Gasteiger partial charge is 0.226 e. The van der Waals surface area contributed by atoms with Crippen LogP contribution < -0.4 is 10.6 Å². The molecule has 0 saturated carbocycles. The third kappa shape index (κ3) is 6.35. The van der Waals surface area contributed by atoms with Crippen LogP contribution in [0.25, 0.3) is 0 Å². The second-order valence-electron chi connectivity index (χ2n) is 5.13. The minimum absolute atomic E-state index is 0.676. The summed E-state index contributed by atoms with van der Waals surface area (Å²) in [6.07, 6.45) is 2.53. The van der Waals surface area contributed by atoms with Gasteiger partial charge in [0.05, 0.1) is 10.7 Å². The summed E-state index contributed by atoms with van der Waals surface area (Å²) in [5, 5.41) is 13.6. The Morgan fingerprint density at radius 3 is 2.78 bits per heavy atom. The average Bonchev–Trinajstić information content (AvgIpc) is 3.12. The highest BCUT2D eigenvalue weighted by molar-refractivity contribution is 7.09. The van der Waals surface area contributed by atoms with E-state index in [-0.39, 0.29) is 0 Å². The second kappa shape index (κ2) is 9.24. The fraction of sp³-hybridized carbons (Fsp3) is 0.600. The van der Waals surface area contributed by atoms with E-state index >= 15 is 0 Å². The molecule has 0 aliphatic rings. The predicted molar refractivity (Wildman–Crippen MR) is 91.9 cm³/mol. The van der Waals surface area contributed by atoms with Crippen molar-refractivity contribution >= 4 is 17.3 Å². The summed E-state index contributed by atoms with van der Waals surface area (Å²) < 4.78 is 5.09. The summed E-state index contributed by atoms with van der Waals surface area (Å²) in [5.41, 5.74) is 1.13. The van der Waals surface area contributed by atoms with E-state index in [2.05, 4.69) is 43.1 Å². The van der Waals surface area contributed by atoms with Crippen LogP contribution in [0.1, 0.15) is 35.8 Å². The van der Waals surface area contributed by atoms with Crippen molar-refractivity contribution < 1.29 is 4.52 Å². The Bertz CT molecular complexity index is 621. The van der Waals surface area contributed by atoms with E-state index in [1.807, 2.05) is 13.8 Å². The van der Waals surface area contributed by atoms with Crippen molar-refractivity contribution in [3.05, 3.63) is 27.8 Å². The molecule has 0 atom stereocenters. The van der Waals surface area contributed by atoms with Crippen LogP contribution in [0.4, 0.5) is 0 Å². The van der Waals surface area contributed by atoms with E-state index in [0.717, 1.165) is 49.0 Å². The number of nitrogens with one attached hydrogen (secondary N) is 2. The Balaban J connectivity index is 1.70. The van der Waals surface area contributed by atoms with Crippen LogP contribution in [-0.4, -0.2) is 40.7 Å². The monoisotopic (exact) mass is 336 g/mol. The van der Waals surface area contributed by atoms with Crippen molar-refractivity contribution in [1.29, 1.82) is 0 Å². The molecule has 0 aromatic carbocycles. The lowest BCUT2D eigenvalue weighted by Crippen LogP contribution is -2.38. The summed E-state index contributed by atoms with van der Waals surface area (Å²) >= 11 is 1.69. The van der Waals surface area contributed by atoms with Crippen LogP contribution in [0.2, 0.25) is 0 Å². The van der Waals surface area contributed by atoms with E-state index in [1.165, 1.54) is 0 Å². The SMILES string of the molecule is CCNC(=NCCCc1nc(C)no1)NCCc1csc(C)n1. The fourth-order valence-electron chi connectivity index (χ4n) is 2.04. The largest absolute Gasteiger partial charge is 0.357 e. The first kappa shape index (κ1) is 17.4. The van der Waals surface area contributed by atoms with Gasteiger partial charge in [-0.2, -0.15) is 4.98 Å². The van der Waals surface area contributed by atoms with Crippen molar-refractivity contribution in [2.45, 2.75) is 40.0 Å². The minimum Gasteiger partial charge on any atom is -0.357 e. The molecule has 0 saturated heterocycles. The Morgan fingerprint density at radius 1 is 1.26 bits per heavy atom. The number of nitrogens with zero attached hydrogens (tertiary/aromatic N) is 4. The molecule has 2 heterocycles. The predicted octanol–water partition coefficient (Wildman–Crippen LogP) is 1.87. The minimum atomic E-state index is 0.676. The first-order valence-corrected chi connectivity index (χ1v) is 8.77. The Kier molecular flexibility index (Phi) is 6.99. The molecular weight excluding hydrogens is 312 g/mol. The van der Waals surface area contributed by atoms with Gasteiger partial charge in [-0.1, -0.05) is 5.16 Å². The zero-order valence-corrected chi connectivity index (χ0v) is 14.7. The van der Waals surface area contributed by atoms with E-state index in [9.17, 15) is 0 Å². The molecule has 0 aliphatic carbocycles. The maximum absolute atomic E-state index is 5.09. The van der Waals surface area contributed by atoms with E-state index in [4.69, 9.17) is 4.52 Å². The van der Waals surface area contributed by atoms with Gasteiger partial charge in [0, 0.05) is 37.9 Å². The van der Waals surface area contributed by atoms with Crippen molar-refractivity contribution in [3.8, 4) is 0 Å². The molecule has 0 bridgehead atoms. The van der Waals surface area contributed by atoms with Gasteiger partial charge < -0.3 is 15.2 Å². The molecule has 2 rings (SSSR count). The molecule has 126 valence electrons. The van der Waals surface area contributed by atoms with Crippen molar-refractivity contribution in [3.63, 3.8) is 0 Å². The number of aryl methyl sites for hydroxylation is 3. The molecule has 2 N–H and O–H groups in total. The number of hydrogen-bond donors (Lipinski definition) is 2. The Morgan fingerprint density at radius 2 is 2.13 bits per heavy atom. The topological polar surface area (TPSA) is 88.2 Å². The highest BCUT2D eigenvalue weighted by Crippen LogP contribution is 2.07. The molecule has 7 nitrogen and oxygen atoms in total. The second-order valence-corrected chi connectivity index (χ2v) is 6.20. The molecule has 0 fully saturated rings. The normalized spacial score (nSPS) is 11.7. The standard InChI is InChI=1S/C15H24N6OS/c1-4-16-15(18-9-7-13-10-23-12(3)20-13)17-8-5-6-14-19-11(2)21-22-14/h10H,4-9H2,1-3H3,(H2,16,17,18). The molecule has 2 aromatic rings. The number of hydrogen-bond acceptors (Lipinski definition) is 6. The van der Waals surface area contributed by atoms with Crippen LogP contribution in [0.5, 0.6) is 0 Å². The van der Waals surface area contributed by atoms with E-state index in [0.29, 0.717) is 18.3 Å². The lowest BCUT2D eigenvalue weighted by Gasteiger charge is -2.10. The van der Waals surface area contributed by atoms with Crippen molar-refractivity contribution in [2.75, 3.05) is 19.6 Å². The van der Waals surface area contributed by atoms with E-state index < -0.39 is 0 Å². The van der Waals surface area contributed by atoms with Gasteiger partial charge in [0.25, 0.3) is 0 Å². The third-order valence-corrected chi connectivity index (χ3v) is 3.90. The fourth-order valence-corrected chi connectivity index (χ4v) is 2.68. The molecule has 0 amide bonds. The maximum Gasteiger partial charge on any atom is 0.226 e. The first-order chi connectivity index (χ1) is 11.2. The van der Waals surface area contributed by atoms with Gasteiger partial charge in [-0.3, -0.25) is 4.99 Å². The van der Waals surface area contributed by atoms with Gasteiger partial charge in [-0.05, 0) is 27.2 Å². The van der Waals surface area contributed by atoms with Gasteiger partial charge in [-0.25, -0.2) is 4.98 Å². The maximum atomic E-state index is 5.09. The molecule has 0 radical (unpaired) electrons. The van der Waals surface area contributed by atoms with Gasteiger partial charge in [0.2, 0.25) is 5.89 Å². The molecular formula is C15H24N6OS. The molecule has 2 aromatic heterocycles. The zero-order chi connectivity index (χ0) is 16.5. The average molecular weight is 336 g/mol. The quantitative estimate of drug-likeness (QED) is 0.435. The van der Waals surface area contributed by atoms with Gasteiger partial charge >= 0.3 is 0 Å². The van der Waals surface area contributed by atoms with Crippen LogP contribution in [-0.2, 0) is 12.8 Å². The van der Waals surface area contributed by atoms with Crippen molar-refractivity contribution in [1.82, 2.24) is 25.8 Å². The Hall–Kier alpha value is -1.96. The molecule has 8 heteroatoms. The van der Waals surface area contributed by atoms with Crippen LogP contribution in [0, 0.1) is 13.8 Å². The number of thiazole rings is 1. The molecule has 0 unspecified atom stereocenters. The lowest BCUT2D eigenvalue weighted by atomic mass is 10.3. The third-order valence-electron chi connectivity index (χ3n) is 3.07. The molecule has 23 heavy (non-hydrogen) atoms. The molecule has 0 aliphatic heterocycles. The number of rotatable bonds is 8. The summed E-state index contributed by atoms with van der Waals surface area (Å²) in [5.74, 6) is 2.19. The highest BCUT2D eigenvalue weighted by atomic mass is 32.1. The molecule has 0 spiro atoms. The Labute approximate surface area is 140 Å². The number of guanidine groups is 1. The van der Waals surface area contributed by atoms with Crippen molar-refractivity contribution in [2.24, 2.45) is 4.99 Å². The summed E-state index contributed by atoms with van der Waals surface area (Å²) in [6.45, 7) is 8.28. The summed E-state index contributed by atoms with van der Waals surface area (Å²) in [4.78, 5) is 13.2. The van der Waals surface area contributed by atoms with Gasteiger partial charge in [0.1, 0.15) is 0 Å². The lowest BCUT2D eigenvalue weighted by molar-refractivity contribution is 0.372. The van der Waals surface area contributed by atoms with Crippen LogP contribution >= 0.6 is 11.3 Å². The summed E-state index contributed by atoms with van der Waals surface area (Å²) in [7, 11) is 0.